The Hall–Kier alpha value is -1.30. The van der Waals surface area contributed by atoms with Crippen LogP contribution in [0.3, 0.4) is 0 Å². The zero-order valence-electron chi connectivity index (χ0n) is 12.0. The van der Waals surface area contributed by atoms with Crippen molar-refractivity contribution in [3.8, 4) is 0 Å². The molecule has 1 aromatic rings. The first-order chi connectivity index (χ1) is 9.34. The minimum Gasteiger partial charge on any atom is -0.397 e. The standard InChI is InChI=1S/C14H21ClN2O3/c1-14(2,19-3)6-7-20-9-13(18)17-12-8-10(15)4-5-11(12)16/h4-5,8H,6-7,9,16H2,1-3H3,(H,17,18). The third-order valence-corrected chi connectivity index (χ3v) is 3.16. The summed E-state index contributed by atoms with van der Waals surface area (Å²) in [6.45, 7) is 4.33. The van der Waals surface area contributed by atoms with Crippen molar-refractivity contribution >= 4 is 28.9 Å². The Balaban J connectivity index is 2.36. The lowest BCUT2D eigenvalue weighted by molar-refractivity contribution is -0.121. The number of benzene rings is 1. The highest BCUT2D eigenvalue weighted by Crippen LogP contribution is 2.22. The van der Waals surface area contributed by atoms with Gasteiger partial charge in [-0.2, -0.15) is 0 Å². The van der Waals surface area contributed by atoms with Crippen molar-refractivity contribution in [3.63, 3.8) is 0 Å². The second-order valence-electron chi connectivity index (χ2n) is 5.05. The maximum absolute atomic E-state index is 11.7. The highest BCUT2D eigenvalue weighted by atomic mass is 35.5. The van der Waals surface area contributed by atoms with Gasteiger partial charge in [0.25, 0.3) is 0 Å². The van der Waals surface area contributed by atoms with E-state index in [1.165, 1.54) is 0 Å². The van der Waals surface area contributed by atoms with Crippen LogP contribution in [0.2, 0.25) is 5.02 Å². The summed E-state index contributed by atoms with van der Waals surface area (Å²) in [5.74, 6) is -0.269. The molecule has 0 heterocycles. The van der Waals surface area contributed by atoms with Crippen LogP contribution in [0.15, 0.2) is 18.2 Å². The molecule has 0 unspecified atom stereocenters. The maximum Gasteiger partial charge on any atom is 0.250 e. The van der Waals surface area contributed by atoms with Gasteiger partial charge in [0.1, 0.15) is 6.61 Å². The molecular weight excluding hydrogens is 280 g/mol. The first-order valence-corrected chi connectivity index (χ1v) is 6.69. The van der Waals surface area contributed by atoms with E-state index in [2.05, 4.69) is 5.32 Å². The molecule has 1 amide bonds. The van der Waals surface area contributed by atoms with Gasteiger partial charge >= 0.3 is 0 Å². The second-order valence-corrected chi connectivity index (χ2v) is 5.48. The molecule has 0 aliphatic carbocycles. The van der Waals surface area contributed by atoms with Crippen molar-refractivity contribution < 1.29 is 14.3 Å². The summed E-state index contributed by atoms with van der Waals surface area (Å²) in [5, 5.41) is 3.17. The summed E-state index contributed by atoms with van der Waals surface area (Å²) < 4.78 is 10.6. The molecule has 0 atom stereocenters. The largest absolute Gasteiger partial charge is 0.397 e. The number of nitrogens with two attached hydrogens (primary N) is 1. The zero-order chi connectivity index (χ0) is 15.2. The molecule has 3 N–H and O–H groups in total. The van der Waals surface area contributed by atoms with Crippen LogP contribution < -0.4 is 11.1 Å². The van der Waals surface area contributed by atoms with Crippen LogP contribution in [0.5, 0.6) is 0 Å². The molecule has 6 heteroatoms. The van der Waals surface area contributed by atoms with Gasteiger partial charge in [0.15, 0.2) is 0 Å². The first kappa shape index (κ1) is 16.8. The summed E-state index contributed by atoms with van der Waals surface area (Å²) in [5.41, 5.74) is 6.43. The maximum atomic E-state index is 11.7. The van der Waals surface area contributed by atoms with E-state index in [9.17, 15) is 4.79 Å². The zero-order valence-corrected chi connectivity index (χ0v) is 12.8. The average molecular weight is 301 g/mol. The number of hydrogen-bond acceptors (Lipinski definition) is 4. The molecule has 5 nitrogen and oxygen atoms in total. The Labute approximate surface area is 124 Å². The molecule has 20 heavy (non-hydrogen) atoms. The fraction of sp³-hybridized carbons (Fsp3) is 0.500. The number of anilines is 2. The number of methoxy groups -OCH3 is 1. The number of amides is 1. The van der Waals surface area contributed by atoms with E-state index < -0.39 is 0 Å². The van der Waals surface area contributed by atoms with Gasteiger partial charge in [-0.25, -0.2) is 0 Å². The van der Waals surface area contributed by atoms with Crippen molar-refractivity contribution in [2.24, 2.45) is 0 Å². The minimum atomic E-state index is -0.269. The molecule has 0 spiro atoms. The Kier molecular flexibility index (Phi) is 6.26. The third-order valence-electron chi connectivity index (χ3n) is 2.92. The lowest BCUT2D eigenvalue weighted by atomic mass is 10.1. The van der Waals surface area contributed by atoms with Crippen LogP contribution in [0.4, 0.5) is 11.4 Å². The molecule has 0 aliphatic rings. The van der Waals surface area contributed by atoms with Crippen LogP contribution in [-0.2, 0) is 14.3 Å². The SMILES string of the molecule is COC(C)(C)CCOCC(=O)Nc1cc(Cl)ccc1N. The lowest BCUT2D eigenvalue weighted by Gasteiger charge is -2.22. The molecule has 1 aromatic carbocycles. The van der Waals surface area contributed by atoms with Crippen LogP contribution >= 0.6 is 11.6 Å². The van der Waals surface area contributed by atoms with Gasteiger partial charge in [0, 0.05) is 18.7 Å². The van der Waals surface area contributed by atoms with Crippen LogP contribution in [0.25, 0.3) is 0 Å². The molecule has 112 valence electrons. The highest BCUT2D eigenvalue weighted by Gasteiger charge is 2.16. The number of nitrogen functional groups attached to an aromatic ring is 1. The van der Waals surface area contributed by atoms with Gasteiger partial charge in [-0.3, -0.25) is 4.79 Å². The van der Waals surface area contributed by atoms with Gasteiger partial charge in [0.05, 0.1) is 17.0 Å². The van der Waals surface area contributed by atoms with Gasteiger partial charge in [-0.15, -0.1) is 0 Å². The summed E-state index contributed by atoms with van der Waals surface area (Å²) in [4.78, 5) is 11.7. The molecule has 0 saturated carbocycles. The quantitative estimate of drug-likeness (QED) is 0.600. The fourth-order valence-electron chi connectivity index (χ4n) is 1.41. The molecule has 0 fully saturated rings. The monoisotopic (exact) mass is 300 g/mol. The van der Waals surface area contributed by atoms with Crippen molar-refractivity contribution in [3.05, 3.63) is 23.2 Å². The summed E-state index contributed by atoms with van der Waals surface area (Å²) in [6, 6.07) is 4.90. The second kappa shape index (κ2) is 7.47. The van der Waals surface area contributed by atoms with Crippen LogP contribution in [0.1, 0.15) is 20.3 Å². The van der Waals surface area contributed by atoms with E-state index in [1.807, 2.05) is 13.8 Å². The summed E-state index contributed by atoms with van der Waals surface area (Å²) >= 11 is 5.84. The first-order valence-electron chi connectivity index (χ1n) is 6.32. The summed E-state index contributed by atoms with van der Waals surface area (Å²) in [6.07, 6.45) is 0.704. The van der Waals surface area contributed by atoms with E-state index in [4.69, 9.17) is 26.8 Å². The average Bonchev–Trinajstić information content (AvgIpc) is 2.39. The number of ether oxygens (including phenoxy) is 2. The Morgan fingerprint density at radius 2 is 2.15 bits per heavy atom. The Bertz CT molecular complexity index is 464. The minimum absolute atomic E-state index is 0.0360. The smallest absolute Gasteiger partial charge is 0.250 e. The molecule has 1 rings (SSSR count). The molecular formula is C14H21ClN2O3. The van der Waals surface area contributed by atoms with Crippen molar-refractivity contribution in [2.45, 2.75) is 25.9 Å². The normalized spacial score (nSPS) is 11.4. The van der Waals surface area contributed by atoms with E-state index in [-0.39, 0.29) is 18.1 Å². The Morgan fingerprint density at radius 3 is 2.80 bits per heavy atom. The number of halogens is 1. The number of carbonyl (C=O) groups excluding carboxylic acids is 1. The molecule has 0 aliphatic heterocycles. The van der Waals surface area contributed by atoms with Crippen molar-refractivity contribution in [1.82, 2.24) is 0 Å². The third kappa shape index (κ3) is 5.77. The topological polar surface area (TPSA) is 73.6 Å². The van der Waals surface area contributed by atoms with Crippen LogP contribution in [0, 0.1) is 0 Å². The molecule has 0 radical (unpaired) electrons. The molecule has 0 bridgehead atoms. The number of nitrogens with one attached hydrogen (secondary N) is 1. The van der Waals surface area contributed by atoms with Gasteiger partial charge in [-0.05, 0) is 38.5 Å². The van der Waals surface area contributed by atoms with E-state index in [1.54, 1.807) is 25.3 Å². The predicted octanol–water partition coefficient (Wildman–Crippen LogP) is 2.69. The molecule has 0 saturated heterocycles. The van der Waals surface area contributed by atoms with Gasteiger partial charge in [0.2, 0.25) is 5.91 Å². The van der Waals surface area contributed by atoms with Crippen molar-refractivity contribution in [2.75, 3.05) is 31.4 Å². The van der Waals surface area contributed by atoms with Crippen LogP contribution in [-0.4, -0.2) is 31.8 Å². The number of carbonyl (C=O) groups is 1. The predicted molar refractivity (Wildman–Crippen MR) is 81.0 cm³/mol. The lowest BCUT2D eigenvalue weighted by Crippen LogP contribution is -2.26. The number of rotatable bonds is 7. The fourth-order valence-corrected chi connectivity index (χ4v) is 1.58. The highest BCUT2D eigenvalue weighted by molar-refractivity contribution is 6.31. The van der Waals surface area contributed by atoms with E-state index >= 15 is 0 Å². The molecule has 0 aromatic heterocycles. The number of hydrogen-bond donors (Lipinski definition) is 2. The van der Waals surface area contributed by atoms with Gasteiger partial charge in [-0.1, -0.05) is 11.6 Å². The Morgan fingerprint density at radius 1 is 1.45 bits per heavy atom. The van der Waals surface area contributed by atoms with E-state index in [0.717, 1.165) is 0 Å². The van der Waals surface area contributed by atoms with E-state index in [0.29, 0.717) is 29.4 Å². The van der Waals surface area contributed by atoms with Crippen molar-refractivity contribution in [1.29, 1.82) is 0 Å². The van der Waals surface area contributed by atoms with Gasteiger partial charge < -0.3 is 20.5 Å². The summed E-state index contributed by atoms with van der Waals surface area (Å²) in [7, 11) is 1.65.